The van der Waals surface area contributed by atoms with E-state index in [1.54, 1.807) is 12.1 Å². The van der Waals surface area contributed by atoms with Crippen LogP contribution in [0.1, 0.15) is 5.56 Å². The van der Waals surface area contributed by atoms with Crippen LogP contribution in [0.2, 0.25) is 0 Å². The molecule has 2 rings (SSSR count). The van der Waals surface area contributed by atoms with Gasteiger partial charge in [-0.3, -0.25) is 0 Å². The summed E-state index contributed by atoms with van der Waals surface area (Å²) >= 11 is 5.22. The van der Waals surface area contributed by atoms with E-state index in [1.807, 2.05) is 52.9 Å². The van der Waals surface area contributed by atoms with Crippen LogP contribution in [-0.2, 0) is 6.61 Å². The minimum Gasteiger partial charge on any atom is -0.486 e. The van der Waals surface area contributed by atoms with Gasteiger partial charge in [-0.2, -0.15) is 0 Å². The number of halogens is 3. The largest absolute Gasteiger partial charge is 0.486 e. The van der Waals surface area contributed by atoms with Crippen LogP contribution in [0.15, 0.2) is 46.9 Å². The van der Waals surface area contributed by atoms with Crippen molar-refractivity contribution in [2.45, 2.75) is 6.61 Å². The molecule has 1 nitrogen and oxygen atoms in total. The molecule has 0 aliphatic heterocycles. The lowest BCUT2D eigenvalue weighted by molar-refractivity contribution is 0.289. The maximum atomic E-state index is 13.8. The number of ether oxygens (including phenoxy) is 1. The molecule has 0 heterocycles. The molecule has 2 aromatic rings. The highest BCUT2D eigenvalue weighted by Gasteiger charge is 2.10. The third-order valence-corrected chi connectivity index (χ3v) is 4.69. The minimum absolute atomic E-state index is 0.279. The summed E-state index contributed by atoms with van der Waals surface area (Å²) in [5, 5.41) is 0. The SMILES string of the molecule is Fc1c(OCc2ccccc2)ccc(Br)c1I. The van der Waals surface area contributed by atoms with Crippen LogP contribution in [0.3, 0.4) is 0 Å². The summed E-state index contributed by atoms with van der Waals surface area (Å²) in [6.07, 6.45) is 0. The van der Waals surface area contributed by atoms with E-state index < -0.39 is 0 Å². The molecular weight excluding hydrogens is 398 g/mol. The average molecular weight is 407 g/mol. The molecule has 88 valence electrons. The fourth-order valence-electron chi connectivity index (χ4n) is 1.35. The Hall–Kier alpha value is -0.620. The van der Waals surface area contributed by atoms with Crippen LogP contribution in [0.5, 0.6) is 5.75 Å². The highest BCUT2D eigenvalue weighted by molar-refractivity contribution is 14.1. The normalized spacial score (nSPS) is 10.3. The quantitative estimate of drug-likeness (QED) is 0.526. The number of benzene rings is 2. The molecule has 0 radical (unpaired) electrons. The molecule has 17 heavy (non-hydrogen) atoms. The van der Waals surface area contributed by atoms with Crippen molar-refractivity contribution in [2.24, 2.45) is 0 Å². The summed E-state index contributed by atoms with van der Waals surface area (Å²) in [5.74, 6) is -0.0441. The number of hydrogen-bond donors (Lipinski definition) is 0. The Morgan fingerprint density at radius 1 is 1.12 bits per heavy atom. The molecule has 0 amide bonds. The first-order valence-corrected chi connectivity index (χ1v) is 6.86. The Balaban J connectivity index is 2.13. The molecule has 0 aliphatic carbocycles. The molecule has 0 atom stereocenters. The van der Waals surface area contributed by atoms with Gasteiger partial charge in [-0.15, -0.1) is 0 Å². The Kier molecular flexibility index (Phi) is 4.39. The lowest BCUT2D eigenvalue weighted by Gasteiger charge is -2.09. The van der Waals surface area contributed by atoms with Crippen molar-refractivity contribution in [2.75, 3.05) is 0 Å². The predicted octanol–water partition coefficient (Wildman–Crippen LogP) is 4.77. The highest BCUT2D eigenvalue weighted by Crippen LogP contribution is 2.29. The van der Waals surface area contributed by atoms with Crippen molar-refractivity contribution in [3.05, 3.63) is 61.9 Å². The van der Waals surface area contributed by atoms with E-state index in [0.29, 0.717) is 10.2 Å². The van der Waals surface area contributed by atoms with Crippen LogP contribution in [0, 0.1) is 9.39 Å². The highest BCUT2D eigenvalue weighted by atomic mass is 127. The molecule has 0 fully saturated rings. The summed E-state index contributed by atoms with van der Waals surface area (Å²) in [6.45, 7) is 0.371. The summed E-state index contributed by atoms with van der Waals surface area (Å²) < 4.78 is 20.5. The van der Waals surface area contributed by atoms with Crippen molar-refractivity contribution in [1.29, 1.82) is 0 Å². The molecule has 0 saturated heterocycles. The zero-order chi connectivity index (χ0) is 12.3. The maximum Gasteiger partial charge on any atom is 0.179 e. The summed E-state index contributed by atoms with van der Waals surface area (Å²) in [4.78, 5) is 0. The number of hydrogen-bond acceptors (Lipinski definition) is 1. The van der Waals surface area contributed by atoms with E-state index >= 15 is 0 Å². The molecule has 0 spiro atoms. The van der Waals surface area contributed by atoms with E-state index in [9.17, 15) is 4.39 Å². The average Bonchev–Trinajstić information content (AvgIpc) is 2.36. The van der Waals surface area contributed by atoms with E-state index in [4.69, 9.17) is 4.74 Å². The predicted molar refractivity (Wildman–Crippen MR) is 77.6 cm³/mol. The Bertz CT molecular complexity index is 516. The molecule has 4 heteroatoms. The molecule has 0 saturated carbocycles. The Labute approximate surface area is 121 Å². The van der Waals surface area contributed by atoms with Crippen LogP contribution in [-0.4, -0.2) is 0 Å². The zero-order valence-corrected chi connectivity index (χ0v) is 12.5. The second kappa shape index (κ2) is 5.82. The van der Waals surface area contributed by atoms with Gasteiger partial charge in [0.1, 0.15) is 6.61 Å². The lowest BCUT2D eigenvalue weighted by Crippen LogP contribution is -1.98. The molecule has 0 bridgehead atoms. The van der Waals surface area contributed by atoms with Gasteiger partial charge >= 0.3 is 0 Å². The molecule has 0 aromatic heterocycles. The Morgan fingerprint density at radius 3 is 2.53 bits per heavy atom. The second-order valence-electron chi connectivity index (χ2n) is 3.45. The smallest absolute Gasteiger partial charge is 0.179 e. The van der Waals surface area contributed by atoms with Crippen molar-refractivity contribution >= 4 is 38.5 Å². The maximum absolute atomic E-state index is 13.8. The van der Waals surface area contributed by atoms with E-state index in [2.05, 4.69) is 15.9 Å². The number of rotatable bonds is 3. The van der Waals surface area contributed by atoms with Crippen molar-refractivity contribution in [3.8, 4) is 5.75 Å². The van der Waals surface area contributed by atoms with Gasteiger partial charge in [0.05, 0.1) is 3.57 Å². The van der Waals surface area contributed by atoms with Crippen molar-refractivity contribution in [1.82, 2.24) is 0 Å². The van der Waals surface area contributed by atoms with Gasteiger partial charge in [0.2, 0.25) is 0 Å². The second-order valence-corrected chi connectivity index (χ2v) is 5.38. The van der Waals surface area contributed by atoms with Crippen molar-refractivity contribution in [3.63, 3.8) is 0 Å². The minimum atomic E-state index is -0.323. The standard InChI is InChI=1S/C13H9BrFIO/c14-10-6-7-11(12(15)13(10)16)17-8-9-4-2-1-3-5-9/h1-7H,8H2. The topological polar surface area (TPSA) is 9.23 Å². The van der Waals surface area contributed by atoms with Gasteiger partial charge in [-0.25, -0.2) is 4.39 Å². The van der Waals surface area contributed by atoms with E-state index in [1.165, 1.54) is 0 Å². The van der Waals surface area contributed by atoms with Crippen LogP contribution in [0.25, 0.3) is 0 Å². The van der Waals surface area contributed by atoms with Crippen LogP contribution >= 0.6 is 38.5 Å². The fourth-order valence-corrected chi connectivity index (χ4v) is 2.11. The van der Waals surface area contributed by atoms with Crippen LogP contribution in [0.4, 0.5) is 4.39 Å². The van der Waals surface area contributed by atoms with Crippen molar-refractivity contribution < 1.29 is 9.13 Å². The van der Waals surface area contributed by atoms with Gasteiger partial charge in [-0.1, -0.05) is 30.3 Å². The third-order valence-electron chi connectivity index (χ3n) is 2.24. The molecule has 2 aromatic carbocycles. The first-order chi connectivity index (χ1) is 8.18. The lowest BCUT2D eigenvalue weighted by atomic mass is 10.2. The van der Waals surface area contributed by atoms with Crippen LogP contribution < -0.4 is 4.74 Å². The summed E-state index contributed by atoms with van der Waals surface area (Å²) in [7, 11) is 0. The van der Waals surface area contributed by atoms with Gasteiger partial charge in [0, 0.05) is 4.47 Å². The summed E-state index contributed by atoms with van der Waals surface area (Å²) in [6, 6.07) is 13.1. The monoisotopic (exact) mass is 406 g/mol. The molecule has 0 N–H and O–H groups in total. The fraction of sp³-hybridized carbons (Fsp3) is 0.0769. The first kappa shape index (κ1) is 12.8. The Morgan fingerprint density at radius 2 is 1.82 bits per heavy atom. The van der Waals surface area contributed by atoms with Gasteiger partial charge in [0.25, 0.3) is 0 Å². The molecule has 0 aliphatic rings. The van der Waals surface area contributed by atoms with Gasteiger partial charge in [0.15, 0.2) is 11.6 Å². The van der Waals surface area contributed by atoms with E-state index in [-0.39, 0.29) is 11.6 Å². The third kappa shape index (κ3) is 3.19. The van der Waals surface area contributed by atoms with Gasteiger partial charge < -0.3 is 4.74 Å². The molecule has 0 unspecified atom stereocenters. The summed E-state index contributed by atoms with van der Waals surface area (Å²) in [5.41, 5.74) is 1.02. The first-order valence-electron chi connectivity index (χ1n) is 4.98. The zero-order valence-electron chi connectivity index (χ0n) is 8.79. The van der Waals surface area contributed by atoms with E-state index in [0.717, 1.165) is 10.0 Å². The van der Waals surface area contributed by atoms with Gasteiger partial charge in [-0.05, 0) is 56.2 Å². The molecular formula is C13H9BrFIO.